The van der Waals surface area contributed by atoms with Crippen molar-refractivity contribution >= 4 is 16.5 Å². The second-order valence-electron chi connectivity index (χ2n) is 3.83. The molecule has 0 spiro atoms. The summed E-state index contributed by atoms with van der Waals surface area (Å²) in [6, 6.07) is 12.9. The predicted octanol–water partition coefficient (Wildman–Crippen LogP) is 3.21. The summed E-state index contributed by atoms with van der Waals surface area (Å²) >= 11 is 0. The number of rotatable bonds is 1. The van der Waals surface area contributed by atoms with Crippen molar-refractivity contribution in [3.8, 4) is 0 Å². The molecule has 0 saturated heterocycles. The molecule has 2 rings (SSSR count). The van der Waals surface area contributed by atoms with Gasteiger partial charge in [0.15, 0.2) is 0 Å². The Morgan fingerprint density at radius 1 is 0.929 bits per heavy atom. The fourth-order valence-electron chi connectivity index (χ4n) is 1.90. The SMILES string of the molecule is Cc1c(N(C)C)ccc2ccccc12. The molecule has 0 amide bonds. The van der Waals surface area contributed by atoms with E-state index in [0.717, 1.165) is 0 Å². The molecule has 14 heavy (non-hydrogen) atoms. The van der Waals surface area contributed by atoms with E-state index in [2.05, 4.69) is 62.3 Å². The van der Waals surface area contributed by atoms with Gasteiger partial charge in [-0.25, -0.2) is 0 Å². The molecule has 2 aromatic carbocycles. The van der Waals surface area contributed by atoms with Crippen LogP contribution in [-0.2, 0) is 0 Å². The van der Waals surface area contributed by atoms with Crippen LogP contribution in [0.2, 0.25) is 0 Å². The van der Waals surface area contributed by atoms with E-state index in [1.165, 1.54) is 22.0 Å². The number of fused-ring (bicyclic) bond motifs is 1. The molecule has 0 fully saturated rings. The lowest BCUT2D eigenvalue weighted by Gasteiger charge is -2.17. The van der Waals surface area contributed by atoms with Crippen LogP contribution in [0.15, 0.2) is 36.4 Å². The lowest BCUT2D eigenvalue weighted by molar-refractivity contribution is 1.12. The van der Waals surface area contributed by atoms with E-state index in [4.69, 9.17) is 0 Å². The molecular weight excluding hydrogens is 170 g/mol. The molecule has 0 bridgehead atoms. The highest BCUT2D eigenvalue weighted by atomic mass is 15.1. The maximum Gasteiger partial charge on any atom is 0.0397 e. The molecule has 2 aromatic rings. The van der Waals surface area contributed by atoms with Gasteiger partial charge in [-0.3, -0.25) is 0 Å². The van der Waals surface area contributed by atoms with E-state index >= 15 is 0 Å². The van der Waals surface area contributed by atoms with Gasteiger partial charge in [-0.05, 0) is 29.3 Å². The Kier molecular flexibility index (Phi) is 2.16. The molecule has 1 heteroatoms. The topological polar surface area (TPSA) is 3.24 Å². The molecule has 0 aliphatic carbocycles. The van der Waals surface area contributed by atoms with Crippen molar-refractivity contribution in [1.82, 2.24) is 0 Å². The molecule has 0 aliphatic heterocycles. The largest absolute Gasteiger partial charge is 0.377 e. The van der Waals surface area contributed by atoms with Gasteiger partial charge in [-0.2, -0.15) is 0 Å². The Balaban J connectivity index is 2.75. The normalized spacial score (nSPS) is 10.5. The van der Waals surface area contributed by atoms with Gasteiger partial charge in [-0.15, -0.1) is 0 Å². The summed E-state index contributed by atoms with van der Waals surface area (Å²) in [6.07, 6.45) is 0. The van der Waals surface area contributed by atoms with Gasteiger partial charge >= 0.3 is 0 Å². The van der Waals surface area contributed by atoms with Gasteiger partial charge in [-0.1, -0.05) is 30.3 Å². The van der Waals surface area contributed by atoms with E-state index in [0.29, 0.717) is 0 Å². The molecule has 0 aromatic heterocycles. The minimum absolute atomic E-state index is 1.30. The summed E-state index contributed by atoms with van der Waals surface area (Å²) in [5.74, 6) is 0. The van der Waals surface area contributed by atoms with Gasteiger partial charge < -0.3 is 4.90 Å². The average molecular weight is 185 g/mol. The van der Waals surface area contributed by atoms with Crippen molar-refractivity contribution in [1.29, 1.82) is 0 Å². The smallest absolute Gasteiger partial charge is 0.0397 e. The van der Waals surface area contributed by atoms with Crippen molar-refractivity contribution in [2.75, 3.05) is 19.0 Å². The van der Waals surface area contributed by atoms with Gasteiger partial charge in [0.05, 0.1) is 0 Å². The maximum absolute atomic E-state index is 2.18. The van der Waals surface area contributed by atoms with Crippen LogP contribution in [0.5, 0.6) is 0 Å². The molecule has 0 atom stereocenters. The zero-order valence-electron chi connectivity index (χ0n) is 8.91. The van der Waals surface area contributed by atoms with E-state index in [1.54, 1.807) is 0 Å². The Morgan fingerprint density at radius 3 is 2.36 bits per heavy atom. The fraction of sp³-hybridized carbons (Fsp3) is 0.231. The lowest BCUT2D eigenvalue weighted by Crippen LogP contribution is -2.10. The van der Waals surface area contributed by atoms with Crippen LogP contribution < -0.4 is 4.90 Å². The second kappa shape index (κ2) is 3.33. The molecule has 0 aliphatic rings. The summed E-state index contributed by atoms with van der Waals surface area (Å²) in [7, 11) is 4.16. The van der Waals surface area contributed by atoms with Crippen LogP contribution in [0, 0.1) is 6.92 Å². The molecule has 0 radical (unpaired) electrons. The molecule has 0 unspecified atom stereocenters. The van der Waals surface area contributed by atoms with Gasteiger partial charge in [0.2, 0.25) is 0 Å². The molecular formula is C13H15N. The Labute approximate surface area is 85.0 Å². The van der Waals surface area contributed by atoms with Gasteiger partial charge in [0, 0.05) is 19.8 Å². The van der Waals surface area contributed by atoms with Crippen molar-refractivity contribution in [2.45, 2.75) is 6.92 Å². The standard InChI is InChI=1S/C13H15N/c1-10-12-7-5-4-6-11(12)8-9-13(10)14(2)3/h4-9H,1-3H3. The first-order valence-corrected chi connectivity index (χ1v) is 4.86. The third kappa shape index (κ3) is 1.35. The van der Waals surface area contributed by atoms with Crippen LogP contribution in [0.25, 0.3) is 10.8 Å². The molecule has 0 saturated carbocycles. The van der Waals surface area contributed by atoms with Crippen molar-refractivity contribution in [3.63, 3.8) is 0 Å². The predicted molar refractivity (Wildman–Crippen MR) is 63.0 cm³/mol. The number of hydrogen-bond acceptors (Lipinski definition) is 1. The van der Waals surface area contributed by atoms with E-state index in [1.807, 2.05) is 0 Å². The summed E-state index contributed by atoms with van der Waals surface area (Å²) in [4.78, 5) is 2.15. The first-order valence-electron chi connectivity index (χ1n) is 4.86. The first kappa shape index (κ1) is 9.07. The average Bonchev–Trinajstić information content (AvgIpc) is 2.18. The van der Waals surface area contributed by atoms with Crippen LogP contribution >= 0.6 is 0 Å². The van der Waals surface area contributed by atoms with E-state index in [-0.39, 0.29) is 0 Å². The van der Waals surface area contributed by atoms with Gasteiger partial charge in [0.1, 0.15) is 0 Å². The summed E-state index contributed by atoms with van der Waals surface area (Å²) in [5.41, 5.74) is 2.65. The van der Waals surface area contributed by atoms with Crippen LogP contribution in [0.1, 0.15) is 5.56 Å². The third-order valence-corrected chi connectivity index (χ3v) is 2.65. The Hall–Kier alpha value is -1.50. The maximum atomic E-state index is 2.18. The van der Waals surface area contributed by atoms with Crippen molar-refractivity contribution in [2.24, 2.45) is 0 Å². The summed E-state index contributed by atoms with van der Waals surface area (Å²) in [6.45, 7) is 2.18. The number of benzene rings is 2. The zero-order chi connectivity index (χ0) is 10.1. The number of aryl methyl sites for hydroxylation is 1. The highest BCUT2D eigenvalue weighted by molar-refractivity contribution is 5.89. The first-order chi connectivity index (χ1) is 6.70. The second-order valence-corrected chi connectivity index (χ2v) is 3.83. The number of hydrogen-bond donors (Lipinski definition) is 0. The van der Waals surface area contributed by atoms with Crippen LogP contribution in [0.3, 0.4) is 0 Å². The number of nitrogens with zero attached hydrogens (tertiary/aromatic N) is 1. The van der Waals surface area contributed by atoms with Crippen molar-refractivity contribution in [3.05, 3.63) is 42.0 Å². The Morgan fingerprint density at radius 2 is 1.64 bits per heavy atom. The molecule has 72 valence electrons. The molecule has 0 heterocycles. The summed E-state index contributed by atoms with van der Waals surface area (Å²) in [5, 5.41) is 2.66. The number of anilines is 1. The summed E-state index contributed by atoms with van der Waals surface area (Å²) < 4.78 is 0. The Bertz CT molecular complexity index is 458. The fourth-order valence-corrected chi connectivity index (χ4v) is 1.90. The van der Waals surface area contributed by atoms with E-state index in [9.17, 15) is 0 Å². The van der Waals surface area contributed by atoms with Crippen molar-refractivity contribution < 1.29 is 0 Å². The van der Waals surface area contributed by atoms with Crippen LogP contribution in [-0.4, -0.2) is 14.1 Å². The third-order valence-electron chi connectivity index (χ3n) is 2.65. The monoisotopic (exact) mass is 185 g/mol. The van der Waals surface area contributed by atoms with Gasteiger partial charge in [0.25, 0.3) is 0 Å². The minimum atomic E-state index is 1.30. The minimum Gasteiger partial charge on any atom is -0.377 e. The quantitative estimate of drug-likeness (QED) is 0.659. The highest BCUT2D eigenvalue weighted by Gasteiger charge is 2.03. The van der Waals surface area contributed by atoms with Crippen LogP contribution in [0.4, 0.5) is 5.69 Å². The zero-order valence-corrected chi connectivity index (χ0v) is 8.91. The molecule has 1 nitrogen and oxygen atoms in total. The van der Waals surface area contributed by atoms with E-state index < -0.39 is 0 Å². The lowest BCUT2D eigenvalue weighted by atomic mass is 10.0. The highest BCUT2D eigenvalue weighted by Crippen LogP contribution is 2.26. The molecule has 0 N–H and O–H groups in total.